The third-order valence-corrected chi connectivity index (χ3v) is 4.73. The van der Waals surface area contributed by atoms with Gasteiger partial charge in [0.25, 0.3) is 0 Å². The van der Waals surface area contributed by atoms with Crippen molar-refractivity contribution in [2.45, 2.75) is 32.6 Å². The van der Waals surface area contributed by atoms with E-state index in [9.17, 15) is 4.79 Å². The minimum absolute atomic E-state index is 0.0307. The number of hydrogen-bond donors (Lipinski definition) is 0. The lowest BCUT2D eigenvalue weighted by molar-refractivity contribution is -0.120. The molecule has 2 aliphatic rings. The molecule has 0 aromatic heterocycles. The molecular formula is C19H25NO4. The molecular weight excluding hydrogens is 306 g/mol. The fourth-order valence-corrected chi connectivity index (χ4v) is 3.54. The molecule has 0 aliphatic carbocycles. The van der Waals surface area contributed by atoms with E-state index in [1.54, 1.807) is 13.2 Å². The smallest absolute Gasteiger partial charge is 0.231 e. The summed E-state index contributed by atoms with van der Waals surface area (Å²) in [4.78, 5) is 15.4. The van der Waals surface area contributed by atoms with Crippen LogP contribution in [-0.2, 0) is 16.0 Å². The predicted molar refractivity (Wildman–Crippen MR) is 91.5 cm³/mol. The van der Waals surface area contributed by atoms with E-state index in [0.717, 1.165) is 43.0 Å². The lowest BCUT2D eigenvalue weighted by atomic mass is 9.89. The van der Waals surface area contributed by atoms with Crippen molar-refractivity contribution in [2.24, 2.45) is 0 Å². The van der Waals surface area contributed by atoms with Crippen LogP contribution in [0, 0.1) is 0 Å². The number of carbonyl (C=O) groups excluding carboxylic acids is 1. The monoisotopic (exact) mass is 331 g/mol. The van der Waals surface area contributed by atoms with Gasteiger partial charge in [-0.1, -0.05) is 6.92 Å². The fourth-order valence-electron chi connectivity index (χ4n) is 3.54. The van der Waals surface area contributed by atoms with Crippen LogP contribution in [0.2, 0.25) is 0 Å². The Labute approximate surface area is 143 Å². The minimum atomic E-state index is -0.241. The highest BCUT2D eigenvalue weighted by atomic mass is 16.7. The third kappa shape index (κ3) is 3.13. The summed E-state index contributed by atoms with van der Waals surface area (Å²) < 4.78 is 16.3. The molecule has 0 N–H and O–H groups in total. The summed E-state index contributed by atoms with van der Waals surface area (Å²) in [6.07, 6.45) is 3.72. The zero-order chi connectivity index (χ0) is 17.1. The molecule has 0 amide bonds. The number of benzene rings is 1. The molecule has 0 radical (unpaired) electrons. The first kappa shape index (κ1) is 16.8. The molecule has 24 heavy (non-hydrogen) atoms. The molecule has 0 fully saturated rings. The maximum absolute atomic E-state index is 13.0. The van der Waals surface area contributed by atoms with E-state index in [-0.39, 0.29) is 18.5 Å². The van der Waals surface area contributed by atoms with Gasteiger partial charge in [0, 0.05) is 13.1 Å². The second-order valence-corrected chi connectivity index (χ2v) is 6.23. The predicted octanol–water partition coefficient (Wildman–Crippen LogP) is 2.89. The number of ketones is 1. The number of methoxy groups -OCH3 is 1. The number of Topliss-reactive ketones (excluding diaryl/α,β-unsaturated/α-hetero) is 1. The Hall–Kier alpha value is -2.01. The number of hydrogen-bond acceptors (Lipinski definition) is 5. The number of nitrogens with zero attached hydrogens (tertiary/aromatic N) is 1. The molecule has 1 unspecified atom stereocenters. The summed E-state index contributed by atoms with van der Waals surface area (Å²) in [5, 5.41) is 0. The van der Waals surface area contributed by atoms with E-state index in [1.807, 2.05) is 19.1 Å². The maximum Gasteiger partial charge on any atom is 0.231 e. The first-order valence-corrected chi connectivity index (χ1v) is 8.57. The van der Waals surface area contributed by atoms with Gasteiger partial charge in [-0.25, -0.2) is 0 Å². The number of rotatable bonds is 5. The highest BCUT2D eigenvalue weighted by Gasteiger charge is 2.32. The number of ether oxygens (including phenoxy) is 3. The molecule has 1 aromatic carbocycles. The topological polar surface area (TPSA) is 48.0 Å². The standard InChI is InChI=1S/C19H25NO4/c1-4-7-20-8-6-13-9-17-18(24-12-23-17)10-14(13)15(11-20)19(21)16(5-2)22-3/h5,9-10,15H,4,6-8,11-12H2,1-3H3/b16-5+. The third-order valence-electron chi connectivity index (χ3n) is 4.73. The highest BCUT2D eigenvalue weighted by molar-refractivity contribution is 5.99. The normalized spacial score (nSPS) is 20.5. The summed E-state index contributed by atoms with van der Waals surface area (Å²) in [5.41, 5.74) is 2.21. The number of carbonyl (C=O) groups is 1. The second-order valence-electron chi connectivity index (χ2n) is 6.23. The lowest BCUT2D eigenvalue weighted by Crippen LogP contribution is -2.32. The minimum Gasteiger partial charge on any atom is -0.493 e. The Morgan fingerprint density at radius 2 is 2.12 bits per heavy atom. The van der Waals surface area contributed by atoms with E-state index in [4.69, 9.17) is 14.2 Å². The molecule has 0 bridgehead atoms. The van der Waals surface area contributed by atoms with Gasteiger partial charge in [-0.05, 0) is 55.6 Å². The van der Waals surface area contributed by atoms with Crippen molar-refractivity contribution >= 4 is 5.78 Å². The average Bonchev–Trinajstić information content (AvgIpc) is 2.97. The van der Waals surface area contributed by atoms with Crippen LogP contribution in [0.25, 0.3) is 0 Å². The van der Waals surface area contributed by atoms with Crippen LogP contribution in [0.1, 0.15) is 37.3 Å². The van der Waals surface area contributed by atoms with E-state index >= 15 is 0 Å². The largest absolute Gasteiger partial charge is 0.493 e. The molecule has 2 aliphatic heterocycles. The fraction of sp³-hybridized carbons (Fsp3) is 0.526. The van der Waals surface area contributed by atoms with Crippen LogP contribution in [0.15, 0.2) is 24.0 Å². The molecule has 0 saturated heterocycles. The van der Waals surface area contributed by atoms with Crippen LogP contribution in [0.5, 0.6) is 11.5 Å². The zero-order valence-corrected chi connectivity index (χ0v) is 14.6. The second kappa shape index (κ2) is 7.26. The van der Waals surface area contributed by atoms with Crippen molar-refractivity contribution in [1.82, 2.24) is 4.90 Å². The van der Waals surface area contributed by atoms with Crippen LogP contribution in [-0.4, -0.2) is 44.2 Å². The van der Waals surface area contributed by atoms with Gasteiger partial charge in [-0.2, -0.15) is 0 Å². The van der Waals surface area contributed by atoms with Crippen molar-refractivity contribution in [3.8, 4) is 11.5 Å². The Kier molecular flexibility index (Phi) is 5.09. The van der Waals surface area contributed by atoms with Crippen molar-refractivity contribution in [2.75, 3.05) is 33.5 Å². The summed E-state index contributed by atoms with van der Waals surface area (Å²) in [6, 6.07) is 4.02. The number of fused-ring (bicyclic) bond motifs is 2. The van der Waals surface area contributed by atoms with Gasteiger partial charge in [0.15, 0.2) is 17.3 Å². The molecule has 1 aromatic rings. The summed E-state index contributed by atoms with van der Waals surface area (Å²) in [6.45, 7) is 6.89. The molecule has 130 valence electrons. The van der Waals surface area contributed by atoms with Crippen LogP contribution < -0.4 is 9.47 Å². The van der Waals surface area contributed by atoms with Crippen LogP contribution in [0.4, 0.5) is 0 Å². The summed E-state index contributed by atoms with van der Waals surface area (Å²) >= 11 is 0. The first-order chi connectivity index (χ1) is 11.7. The number of allylic oxidation sites excluding steroid dienone is 2. The molecule has 5 nitrogen and oxygen atoms in total. The van der Waals surface area contributed by atoms with Crippen LogP contribution >= 0.6 is 0 Å². The van der Waals surface area contributed by atoms with E-state index < -0.39 is 0 Å². The van der Waals surface area contributed by atoms with Gasteiger partial charge in [0.2, 0.25) is 12.6 Å². The summed E-state index contributed by atoms with van der Waals surface area (Å²) in [7, 11) is 1.55. The Bertz CT molecular complexity index is 653. The van der Waals surface area contributed by atoms with Crippen molar-refractivity contribution in [1.29, 1.82) is 0 Å². The molecule has 2 heterocycles. The van der Waals surface area contributed by atoms with Gasteiger partial charge >= 0.3 is 0 Å². The van der Waals surface area contributed by atoms with Crippen molar-refractivity contribution < 1.29 is 19.0 Å². The molecule has 0 saturated carbocycles. The maximum atomic E-state index is 13.0. The van der Waals surface area contributed by atoms with Crippen molar-refractivity contribution in [3.05, 3.63) is 35.1 Å². The van der Waals surface area contributed by atoms with Crippen molar-refractivity contribution in [3.63, 3.8) is 0 Å². The van der Waals surface area contributed by atoms with Gasteiger partial charge in [0.1, 0.15) is 0 Å². The van der Waals surface area contributed by atoms with E-state index in [0.29, 0.717) is 12.3 Å². The molecule has 3 rings (SSSR count). The molecule has 5 heteroatoms. The van der Waals surface area contributed by atoms with Gasteiger partial charge in [-0.3, -0.25) is 4.79 Å². The average molecular weight is 331 g/mol. The SMILES string of the molecule is C/C=C(/OC)C(=O)C1CN(CCC)CCc2cc3c(cc21)OCO3. The Morgan fingerprint density at radius 3 is 2.79 bits per heavy atom. The highest BCUT2D eigenvalue weighted by Crippen LogP contribution is 2.39. The van der Waals surface area contributed by atoms with Gasteiger partial charge in [0.05, 0.1) is 13.0 Å². The van der Waals surface area contributed by atoms with Crippen LogP contribution in [0.3, 0.4) is 0 Å². The van der Waals surface area contributed by atoms with E-state index in [1.165, 1.54) is 5.56 Å². The van der Waals surface area contributed by atoms with E-state index in [2.05, 4.69) is 11.8 Å². The molecule has 1 atom stereocenters. The Balaban J connectivity index is 2.01. The quantitative estimate of drug-likeness (QED) is 0.613. The summed E-state index contributed by atoms with van der Waals surface area (Å²) in [5.74, 6) is 1.72. The van der Waals surface area contributed by atoms with Gasteiger partial charge in [-0.15, -0.1) is 0 Å². The first-order valence-electron chi connectivity index (χ1n) is 8.57. The molecule has 0 spiro atoms. The Morgan fingerprint density at radius 1 is 1.38 bits per heavy atom. The zero-order valence-electron chi connectivity index (χ0n) is 14.6. The lowest BCUT2D eigenvalue weighted by Gasteiger charge is -2.24. The van der Waals surface area contributed by atoms with Gasteiger partial charge < -0.3 is 19.1 Å².